The van der Waals surface area contributed by atoms with Crippen molar-refractivity contribution in [3.8, 4) is 5.75 Å². The highest BCUT2D eigenvalue weighted by molar-refractivity contribution is 6.04. The molecule has 1 fully saturated rings. The van der Waals surface area contributed by atoms with E-state index in [1.165, 1.54) is 12.8 Å². The van der Waals surface area contributed by atoms with Crippen molar-refractivity contribution in [2.24, 2.45) is 16.8 Å². The van der Waals surface area contributed by atoms with E-state index in [1.54, 1.807) is 31.4 Å². The fourth-order valence-electron chi connectivity index (χ4n) is 1.79. The van der Waals surface area contributed by atoms with Crippen LogP contribution in [0.5, 0.6) is 5.75 Å². The summed E-state index contributed by atoms with van der Waals surface area (Å²) in [5.74, 6) is 1.52. The number of nitrogens with one attached hydrogen (secondary N) is 1. The number of carbonyl (C=O) groups excluding carboxylic acids is 1. The van der Waals surface area contributed by atoms with E-state index < -0.39 is 0 Å². The number of nitrogens with zero attached hydrogens (tertiary/aromatic N) is 1. The Morgan fingerprint density at radius 1 is 1.32 bits per heavy atom. The Morgan fingerprint density at radius 2 is 2.00 bits per heavy atom. The van der Waals surface area contributed by atoms with Crippen molar-refractivity contribution < 1.29 is 14.3 Å². The molecule has 1 aromatic rings. The van der Waals surface area contributed by atoms with Crippen LogP contribution in [-0.2, 0) is 4.74 Å². The number of hydrogen-bond acceptors (Lipinski definition) is 4. The number of hydrogen-bond donors (Lipinski definition) is 1. The molecular weight excluding hydrogens is 280 g/mol. The highest BCUT2D eigenvalue weighted by Crippen LogP contribution is 2.28. The van der Waals surface area contributed by atoms with E-state index >= 15 is 0 Å². The average Bonchev–Trinajstić information content (AvgIpc) is 3.34. The van der Waals surface area contributed by atoms with E-state index in [0.717, 1.165) is 12.3 Å². The third kappa shape index (κ3) is 5.39. The maximum Gasteiger partial charge on any atom is 0.291 e. The molecule has 0 heterocycles. The Balaban J connectivity index is 1.97. The van der Waals surface area contributed by atoms with Crippen molar-refractivity contribution in [3.05, 3.63) is 29.8 Å². The standard InChI is InChI=1S/C17H24N2O3/c1-12(2)11-22-17(18-10-13-4-5-13)19-16(20)14-6-8-15(21-3)9-7-14/h6-9,12-13H,4-5,10-11H2,1-3H3,(H,18,19,20). The van der Waals surface area contributed by atoms with Crippen molar-refractivity contribution in [1.82, 2.24) is 5.32 Å². The van der Waals surface area contributed by atoms with E-state index in [0.29, 0.717) is 30.0 Å². The minimum atomic E-state index is -0.221. The SMILES string of the molecule is COc1ccc(C(=O)NC(=NCC2CC2)OCC(C)C)cc1. The maximum absolute atomic E-state index is 12.2. The highest BCUT2D eigenvalue weighted by atomic mass is 16.5. The van der Waals surface area contributed by atoms with Gasteiger partial charge in [-0.05, 0) is 48.9 Å². The average molecular weight is 304 g/mol. The zero-order valence-corrected chi connectivity index (χ0v) is 13.5. The van der Waals surface area contributed by atoms with E-state index in [9.17, 15) is 4.79 Å². The molecule has 1 aliphatic carbocycles. The van der Waals surface area contributed by atoms with Gasteiger partial charge in [0, 0.05) is 12.1 Å². The van der Waals surface area contributed by atoms with Gasteiger partial charge in [-0.1, -0.05) is 13.8 Å². The van der Waals surface area contributed by atoms with Crippen molar-refractivity contribution in [3.63, 3.8) is 0 Å². The molecule has 1 amide bonds. The zero-order chi connectivity index (χ0) is 15.9. The number of amides is 1. The monoisotopic (exact) mass is 304 g/mol. The number of ether oxygens (including phenoxy) is 2. The predicted octanol–water partition coefficient (Wildman–Crippen LogP) is 2.86. The molecule has 0 bridgehead atoms. The first-order valence-corrected chi connectivity index (χ1v) is 7.71. The molecule has 0 atom stereocenters. The summed E-state index contributed by atoms with van der Waals surface area (Å²) in [5.41, 5.74) is 0.549. The summed E-state index contributed by atoms with van der Waals surface area (Å²) in [6.07, 6.45) is 2.43. The summed E-state index contributed by atoms with van der Waals surface area (Å²) < 4.78 is 10.7. The molecule has 0 aromatic heterocycles. The van der Waals surface area contributed by atoms with Gasteiger partial charge in [0.05, 0.1) is 13.7 Å². The van der Waals surface area contributed by atoms with E-state index in [-0.39, 0.29) is 5.91 Å². The molecule has 5 nitrogen and oxygen atoms in total. The fourth-order valence-corrected chi connectivity index (χ4v) is 1.79. The molecule has 5 heteroatoms. The third-order valence-electron chi connectivity index (χ3n) is 3.32. The lowest BCUT2D eigenvalue weighted by Crippen LogP contribution is -2.33. The Kier molecular flexibility index (Phi) is 5.81. The smallest absolute Gasteiger partial charge is 0.291 e. The van der Waals surface area contributed by atoms with Crippen molar-refractivity contribution in [2.45, 2.75) is 26.7 Å². The molecule has 0 aliphatic heterocycles. The Bertz CT molecular complexity index is 519. The molecule has 1 N–H and O–H groups in total. The van der Waals surface area contributed by atoms with Gasteiger partial charge in [0.25, 0.3) is 11.9 Å². The van der Waals surface area contributed by atoms with Gasteiger partial charge in [-0.25, -0.2) is 4.99 Å². The molecule has 120 valence electrons. The number of rotatable bonds is 6. The van der Waals surface area contributed by atoms with Gasteiger partial charge in [-0.15, -0.1) is 0 Å². The lowest BCUT2D eigenvalue weighted by atomic mass is 10.2. The first kappa shape index (κ1) is 16.3. The Morgan fingerprint density at radius 3 is 2.55 bits per heavy atom. The van der Waals surface area contributed by atoms with Crippen LogP contribution in [0.25, 0.3) is 0 Å². The van der Waals surface area contributed by atoms with Crippen molar-refractivity contribution in [1.29, 1.82) is 0 Å². The molecule has 1 aliphatic rings. The molecule has 22 heavy (non-hydrogen) atoms. The number of aliphatic imine (C=N–C) groups is 1. The first-order valence-electron chi connectivity index (χ1n) is 7.71. The molecular formula is C17H24N2O3. The minimum absolute atomic E-state index is 0.221. The third-order valence-corrected chi connectivity index (χ3v) is 3.32. The quantitative estimate of drug-likeness (QED) is 0.649. The second-order valence-electron chi connectivity index (χ2n) is 5.98. The van der Waals surface area contributed by atoms with Crippen LogP contribution >= 0.6 is 0 Å². The van der Waals surface area contributed by atoms with Gasteiger partial charge in [-0.2, -0.15) is 0 Å². The van der Waals surface area contributed by atoms with Crippen LogP contribution in [0, 0.1) is 11.8 Å². The topological polar surface area (TPSA) is 59.9 Å². The Hall–Kier alpha value is -2.04. The second-order valence-corrected chi connectivity index (χ2v) is 5.98. The van der Waals surface area contributed by atoms with Crippen LogP contribution in [0.15, 0.2) is 29.3 Å². The van der Waals surface area contributed by atoms with Crippen LogP contribution in [-0.4, -0.2) is 32.2 Å². The normalized spacial score (nSPS) is 14.8. The minimum Gasteiger partial charge on any atom is -0.497 e. The van der Waals surface area contributed by atoms with Gasteiger partial charge < -0.3 is 9.47 Å². The molecule has 1 aromatic carbocycles. The van der Waals surface area contributed by atoms with Crippen LogP contribution in [0.4, 0.5) is 0 Å². The zero-order valence-electron chi connectivity index (χ0n) is 13.5. The summed E-state index contributed by atoms with van der Waals surface area (Å²) in [6, 6.07) is 7.27. The van der Waals surface area contributed by atoms with Gasteiger partial charge in [0.1, 0.15) is 5.75 Å². The number of amidine groups is 1. The summed E-state index contributed by atoms with van der Waals surface area (Å²) >= 11 is 0. The summed E-state index contributed by atoms with van der Waals surface area (Å²) in [4.78, 5) is 16.6. The lowest BCUT2D eigenvalue weighted by Gasteiger charge is -2.12. The molecule has 0 unspecified atom stereocenters. The van der Waals surface area contributed by atoms with Gasteiger partial charge in [0.2, 0.25) is 0 Å². The van der Waals surface area contributed by atoms with Crippen LogP contribution in [0.2, 0.25) is 0 Å². The maximum atomic E-state index is 12.2. The van der Waals surface area contributed by atoms with E-state index in [4.69, 9.17) is 9.47 Å². The van der Waals surface area contributed by atoms with Crippen LogP contribution < -0.4 is 10.1 Å². The van der Waals surface area contributed by atoms with Crippen LogP contribution in [0.1, 0.15) is 37.0 Å². The van der Waals surface area contributed by atoms with E-state index in [1.807, 2.05) is 0 Å². The first-order chi connectivity index (χ1) is 10.6. The largest absolute Gasteiger partial charge is 0.497 e. The summed E-state index contributed by atoms with van der Waals surface area (Å²) in [6.45, 7) is 5.37. The molecule has 0 radical (unpaired) electrons. The van der Waals surface area contributed by atoms with Crippen LogP contribution in [0.3, 0.4) is 0 Å². The molecule has 2 rings (SSSR count). The predicted molar refractivity (Wildman–Crippen MR) is 86.3 cm³/mol. The van der Waals surface area contributed by atoms with Gasteiger partial charge in [0.15, 0.2) is 0 Å². The highest BCUT2D eigenvalue weighted by Gasteiger charge is 2.21. The number of benzene rings is 1. The second kappa shape index (κ2) is 7.82. The van der Waals surface area contributed by atoms with Crippen molar-refractivity contribution in [2.75, 3.05) is 20.3 Å². The van der Waals surface area contributed by atoms with Gasteiger partial charge in [-0.3, -0.25) is 10.1 Å². The summed E-state index contributed by atoms with van der Waals surface area (Å²) in [5, 5.41) is 2.76. The number of methoxy groups -OCH3 is 1. The molecule has 0 saturated heterocycles. The number of carbonyl (C=O) groups is 1. The Labute approximate surface area is 131 Å². The molecule has 1 saturated carbocycles. The molecule has 0 spiro atoms. The van der Waals surface area contributed by atoms with E-state index in [2.05, 4.69) is 24.2 Å². The lowest BCUT2D eigenvalue weighted by molar-refractivity contribution is 0.0963. The fraction of sp³-hybridized carbons (Fsp3) is 0.529. The summed E-state index contributed by atoms with van der Waals surface area (Å²) in [7, 11) is 1.59. The van der Waals surface area contributed by atoms with Gasteiger partial charge >= 0.3 is 0 Å². The van der Waals surface area contributed by atoms with Crippen molar-refractivity contribution >= 4 is 11.9 Å².